The molecule has 0 bridgehead atoms. The van der Waals surface area contributed by atoms with Crippen LogP contribution in [0.4, 0.5) is 10.6 Å². The summed E-state index contributed by atoms with van der Waals surface area (Å²) in [6.45, 7) is 3.87. The first-order valence-electron chi connectivity index (χ1n) is 8.47. The van der Waals surface area contributed by atoms with Crippen molar-refractivity contribution in [3.63, 3.8) is 0 Å². The third-order valence-corrected chi connectivity index (χ3v) is 5.73. The molecule has 1 aliphatic rings. The quantitative estimate of drug-likeness (QED) is 0.475. The number of thiazole rings is 1. The fourth-order valence-corrected chi connectivity index (χ4v) is 4.16. The molecule has 2 aromatic heterocycles. The molecule has 3 heterocycles. The number of allylic oxidation sites excluding steroid dienone is 1. The molecular weight excluding hydrogens is 392 g/mol. The Morgan fingerprint density at radius 2 is 2.21 bits per heavy atom. The molecule has 144 valence electrons. The number of aromatic nitrogens is 2. The van der Waals surface area contributed by atoms with Crippen LogP contribution in [-0.4, -0.2) is 34.6 Å². The van der Waals surface area contributed by atoms with Gasteiger partial charge in [0.1, 0.15) is 16.6 Å². The molecule has 0 saturated carbocycles. The summed E-state index contributed by atoms with van der Waals surface area (Å²) in [6.07, 6.45) is 10.9. The minimum atomic E-state index is -0.351. The lowest BCUT2D eigenvalue weighted by Crippen LogP contribution is -2.37. The zero-order valence-corrected chi connectivity index (χ0v) is 16.8. The van der Waals surface area contributed by atoms with Crippen LogP contribution in [0.15, 0.2) is 70.9 Å². The Labute approximate surface area is 171 Å². The number of nitrogens with zero attached hydrogens (tertiary/aromatic N) is 3. The molecule has 2 aromatic rings. The van der Waals surface area contributed by atoms with Crippen molar-refractivity contribution in [2.24, 2.45) is 10.9 Å². The molecule has 0 aliphatic carbocycles. The van der Waals surface area contributed by atoms with Crippen molar-refractivity contribution in [1.29, 1.82) is 0 Å². The second-order valence-electron chi connectivity index (χ2n) is 5.69. The highest BCUT2D eigenvalue weighted by Crippen LogP contribution is 2.28. The number of hydrogen-bond acceptors (Lipinski definition) is 7. The average molecular weight is 413 g/mol. The minimum Gasteiger partial charge on any atom is -0.358 e. The SMILES string of the molecule is C=CC(C=CC=NC)C1NC(NC(=O)Nc2csc(-c3ccncc3)n2)=CS1. The number of pyridine rings is 1. The Balaban J connectivity index is 1.52. The first-order valence-corrected chi connectivity index (χ1v) is 10.3. The van der Waals surface area contributed by atoms with Gasteiger partial charge in [-0.15, -0.1) is 29.7 Å². The molecule has 0 radical (unpaired) electrons. The van der Waals surface area contributed by atoms with Gasteiger partial charge in [0.25, 0.3) is 0 Å². The van der Waals surface area contributed by atoms with E-state index in [4.69, 9.17) is 0 Å². The minimum absolute atomic E-state index is 0.0619. The summed E-state index contributed by atoms with van der Waals surface area (Å²) >= 11 is 3.05. The molecule has 3 N–H and O–H groups in total. The van der Waals surface area contributed by atoms with Crippen LogP contribution < -0.4 is 16.0 Å². The van der Waals surface area contributed by atoms with Crippen LogP contribution in [0.1, 0.15) is 0 Å². The smallest absolute Gasteiger partial charge is 0.325 e. The fourth-order valence-electron chi connectivity index (χ4n) is 2.41. The summed E-state index contributed by atoms with van der Waals surface area (Å²) in [5, 5.41) is 13.4. The third-order valence-electron chi connectivity index (χ3n) is 3.74. The van der Waals surface area contributed by atoms with E-state index in [0.717, 1.165) is 10.6 Å². The lowest BCUT2D eigenvalue weighted by atomic mass is 10.1. The molecule has 2 amide bonds. The van der Waals surface area contributed by atoms with Gasteiger partial charge in [-0.1, -0.05) is 12.2 Å². The lowest BCUT2D eigenvalue weighted by molar-refractivity contribution is 0.253. The Hall–Kier alpha value is -2.91. The summed E-state index contributed by atoms with van der Waals surface area (Å²) in [5.74, 6) is 1.24. The standard InChI is InChI=1S/C19H20N6OS2/c1-3-13(5-4-8-20-2)17-22-15(11-27-17)24-19(26)25-16-12-28-18(23-16)14-6-9-21-10-7-14/h3-13,17,22H,1H2,2H3,(H2,24,25,26). The van der Waals surface area contributed by atoms with Gasteiger partial charge in [0.05, 0.1) is 5.37 Å². The Morgan fingerprint density at radius 3 is 2.96 bits per heavy atom. The normalized spacial score (nSPS) is 17.3. The van der Waals surface area contributed by atoms with E-state index in [2.05, 4.69) is 37.5 Å². The summed E-state index contributed by atoms with van der Waals surface area (Å²) in [6, 6.07) is 3.41. The van der Waals surface area contributed by atoms with Crippen molar-refractivity contribution in [2.75, 3.05) is 12.4 Å². The Bertz CT molecular complexity index is 906. The van der Waals surface area contributed by atoms with Gasteiger partial charge in [-0.25, -0.2) is 9.78 Å². The average Bonchev–Trinajstić information content (AvgIpc) is 3.36. The lowest BCUT2D eigenvalue weighted by Gasteiger charge is -2.18. The van der Waals surface area contributed by atoms with Crippen molar-refractivity contribution in [2.45, 2.75) is 5.37 Å². The summed E-state index contributed by atoms with van der Waals surface area (Å²) in [4.78, 5) is 24.6. The molecule has 7 nitrogen and oxygen atoms in total. The predicted octanol–water partition coefficient (Wildman–Crippen LogP) is 3.85. The van der Waals surface area contributed by atoms with Crippen molar-refractivity contribution < 1.29 is 4.79 Å². The van der Waals surface area contributed by atoms with Gasteiger partial charge < -0.3 is 5.32 Å². The van der Waals surface area contributed by atoms with Crippen LogP contribution in [0.3, 0.4) is 0 Å². The zero-order chi connectivity index (χ0) is 19.8. The maximum atomic E-state index is 12.3. The highest BCUT2D eigenvalue weighted by molar-refractivity contribution is 8.03. The van der Waals surface area contributed by atoms with Gasteiger partial charge in [-0.3, -0.25) is 20.6 Å². The number of rotatable bonds is 7. The molecule has 0 spiro atoms. The van der Waals surface area contributed by atoms with E-state index in [1.807, 2.05) is 35.8 Å². The van der Waals surface area contributed by atoms with Crippen molar-refractivity contribution in [3.8, 4) is 10.6 Å². The molecule has 0 saturated heterocycles. The second-order valence-corrected chi connectivity index (χ2v) is 7.56. The van der Waals surface area contributed by atoms with Crippen LogP contribution in [0.25, 0.3) is 10.6 Å². The van der Waals surface area contributed by atoms with E-state index in [1.165, 1.54) is 11.3 Å². The summed E-state index contributed by atoms with van der Waals surface area (Å²) in [5.41, 5.74) is 0.963. The number of aliphatic imine (C=N–C) groups is 1. The highest BCUT2D eigenvalue weighted by atomic mass is 32.2. The largest absolute Gasteiger partial charge is 0.358 e. The molecule has 28 heavy (non-hydrogen) atoms. The van der Waals surface area contributed by atoms with Gasteiger partial charge in [-0.05, 0) is 18.2 Å². The summed E-state index contributed by atoms with van der Waals surface area (Å²) in [7, 11) is 1.72. The molecule has 1 aliphatic heterocycles. The number of nitrogens with one attached hydrogen (secondary N) is 3. The monoisotopic (exact) mass is 412 g/mol. The topological polar surface area (TPSA) is 91.3 Å². The zero-order valence-electron chi connectivity index (χ0n) is 15.2. The number of thioether (sulfide) groups is 1. The van der Waals surface area contributed by atoms with Gasteiger partial charge >= 0.3 is 6.03 Å². The molecule has 0 aromatic carbocycles. The van der Waals surface area contributed by atoms with Crippen molar-refractivity contribution in [1.82, 2.24) is 20.6 Å². The van der Waals surface area contributed by atoms with E-state index in [9.17, 15) is 4.79 Å². The number of amides is 2. The van der Waals surface area contributed by atoms with Crippen LogP contribution in [0, 0.1) is 5.92 Å². The van der Waals surface area contributed by atoms with Gasteiger partial charge in [-0.2, -0.15) is 0 Å². The molecule has 2 unspecified atom stereocenters. The number of urea groups is 1. The molecule has 9 heteroatoms. The van der Waals surface area contributed by atoms with Gasteiger partial charge in [0, 0.05) is 47.9 Å². The van der Waals surface area contributed by atoms with E-state index in [0.29, 0.717) is 11.6 Å². The molecular formula is C19H20N6OS2. The maximum Gasteiger partial charge on any atom is 0.325 e. The molecule has 0 fully saturated rings. The Morgan fingerprint density at radius 1 is 1.39 bits per heavy atom. The summed E-state index contributed by atoms with van der Waals surface area (Å²) < 4.78 is 0. The predicted molar refractivity (Wildman–Crippen MR) is 117 cm³/mol. The van der Waals surface area contributed by atoms with E-state index in [1.54, 1.807) is 42.8 Å². The Kier molecular flexibility index (Phi) is 6.99. The van der Waals surface area contributed by atoms with Crippen molar-refractivity contribution >= 4 is 41.2 Å². The first kappa shape index (κ1) is 19.8. The number of hydrogen-bond donors (Lipinski definition) is 3. The number of carbonyl (C=O) groups is 1. The second kappa shape index (κ2) is 9.86. The highest BCUT2D eigenvalue weighted by Gasteiger charge is 2.23. The maximum absolute atomic E-state index is 12.3. The van der Waals surface area contributed by atoms with Gasteiger partial charge in [0.2, 0.25) is 0 Å². The van der Waals surface area contributed by atoms with Crippen LogP contribution in [-0.2, 0) is 0 Å². The van der Waals surface area contributed by atoms with Crippen LogP contribution in [0.2, 0.25) is 0 Å². The fraction of sp³-hybridized carbons (Fsp3) is 0.158. The number of anilines is 1. The molecule has 3 rings (SSSR count). The van der Waals surface area contributed by atoms with Crippen LogP contribution in [0.5, 0.6) is 0 Å². The molecule has 2 atom stereocenters. The van der Waals surface area contributed by atoms with Gasteiger partial charge in [0.15, 0.2) is 0 Å². The number of carbonyl (C=O) groups excluding carboxylic acids is 1. The first-order chi connectivity index (χ1) is 13.7. The third kappa shape index (κ3) is 5.30. The van der Waals surface area contributed by atoms with E-state index >= 15 is 0 Å². The van der Waals surface area contributed by atoms with E-state index < -0.39 is 0 Å². The van der Waals surface area contributed by atoms with E-state index in [-0.39, 0.29) is 17.3 Å². The van der Waals surface area contributed by atoms with Crippen LogP contribution >= 0.6 is 23.1 Å². The van der Waals surface area contributed by atoms with Crippen molar-refractivity contribution in [3.05, 3.63) is 65.9 Å².